The van der Waals surface area contributed by atoms with Crippen LogP contribution in [0, 0.1) is 0 Å². The molecule has 1 aromatic heterocycles. The van der Waals surface area contributed by atoms with E-state index in [1.807, 2.05) is 6.92 Å². The molecule has 0 saturated carbocycles. The Balaban J connectivity index is 1.53. The standard InChI is InChI=1S/C24H27N5O5S/c1-5-34-23(32)17-6-10-18(11-7-17)26-20(30)14-35-24-28-27-21(29(24)3)15(2)25-22(31)16-8-12-19(33-4)13-9-16/h6-13,15H,5,14H2,1-4H3,(H,25,31)(H,26,30)/t15-/m1/s1. The number of hydrogen-bond donors (Lipinski definition) is 2. The van der Waals surface area contributed by atoms with Crippen LogP contribution in [0.1, 0.15) is 46.4 Å². The summed E-state index contributed by atoms with van der Waals surface area (Å²) in [6, 6.07) is 12.9. The Labute approximate surface area is 207 Å². The zero-order valence-electron chi connectivity index (χ0n) is 19.9. The molecule has 1 heterocycles. The summed E-state index contributed by atoms with van der Waals surface area (Å²) in [7, 11) is 3.34. The highest BCUT2D eigenvalue weighted by molar-refractivity contribution is 7.99. The third-order valence-corrected chi connectivity index (χ3v) is 5.99. The number of anilines is 1. The molecule has 0 fully saturated rings. The molecule has 10 nitrogen and oxygen atoms in total. The van der Waals surface area contributed by atoms with E-state index in [1.165, 1.54) is 11.8 Å². The molecule has 3 rings (SSSR count). The first-order valence-corrected chi connectivity index (χ1v) is 11.8. The molecule has 0 bridgehead atoms. The van der Waals surface area contributed by atoms with E-state index in [-0.39, 0.29) is 17.6 Å². The molecule has 184 valence electrons. The Bertz CT molecular complexity index is 1180. The van der Waals surface area contributed by atoms with Gasteiger partial charge in [-0.2, -0.15) is 0 Å². The molecule has 0 aliphatic heterocycles. The number of amides is 2. The van der Waals surface area contributed by atoms with Gasteiger partial charge in [0.15, 0.2) is 11.0 Å². The topological polar surface area (TPSA) is 124 Å². The van der Waals surface area contributed by atoms with Crippen molar-refractivity contribution in [2.24, 2.45) is 7.05 Å². The summed E-state index contributed by atoms with van der Waals surface area (Å²) in [6.07, 6.45) is 0. The van der Waals surface area contributed by atoms with E-state index < -0.39 is 12.0 Å². The predicted octanol–water partition coefficient (Wildman–Crippen LogP) is 3.22. The lowest BCUT2D eigenvalue weighted by molar-refractivity contribution is -0.113. The minimum absolute atomic E-state index is 0.109. The number of carbonyl (C=O) groups is 3. The van der Waals surface area contributed by atoms with E-state index in [4.69, 9.17) is 9.47 Å². The summed E-state index contributed by atoms with van der Waals surface area (Å²) in [4.78, 5) is 36.6. The van der Waals surface area contributed by atoms with Crippen molar-refractivity contribution < 1.29 is 23.9 Å². The molecule has 2 N–H and O–H groups in total. The quantitative estimate of drug-likeness (QED) is 0.323. The second-order valence-corrected chi connectivity index (χ2v) is 8.40. The maximum atomic E-state index is 12.5. The van der Waals surface area contributed by atoms with Gasteiger partial charge in [0.2, 0.25) is 5.91 Å². The number of thioether (sulfide) groups is 1. The first kappa shape index (κ1) is 25.8. The highest BCUT2D eigenvalue weighted by Crippen LogP contribution is 2.20. The molecule has 0 radical (unpaired) electrons. The molecule has 35 heavy (non-hydrogen) atoms. The summed E-state index contributed by atoms with van der Waals surface area (Å²) in [6.45, 7) is 3.85. The largest absolute Gasteiger partial charge is 0.497 e. The van der Waals surface area contributed by atoms with Gasteiger partial charge in [-0.3, -0.25) is 9.59 Å². The van der Waals surface area contributed by atoms with Crippen molar-refractivity contribution in [2.45, 2.75) is 25.0 Å². The van der Waals surface area contributed by atoms with Crippen molar-refractivity contribution in [3.63, 3.8) is 0 Å². The first-order chi connectivity index (χ1) is 16.8. The molecule has 11 heteroatoms. The Kier molecular flexibility index (Phi) is 8.85. The number of nitrogens with zero attached hydrogens (tertiary/aromatic N) is 3. The van der Waals surface area contributed by atoms with Crippen molar-refractivity contribution in [1.82, 2.24) is 20.1 Å². The van der Waals surface area contributed by atoms with Crippen molar-refractivity contribution >= 4 is 35.2 Å². The smallest absolute Gasteiger partial charge is 0.338 e. The van der Waals surface area contributed by atoms with Gasteiger partial charge in [0.05, 0.1) is 31.1 Å². The van der Waals surface area contributed by atoms with Crippen LogP contribution >= 0.6 is 11.8 Å². The number of carbonyl (C=O) groups excluding carboxylic acids is 3. The highest BCUT2D eigenvalue weighted by atomic mass is 32.2. The second-order valence-electron chi connectivity index (χ2n) is 7.46. The number of hydrogen-bond acceptors (Lipinski definition) is 8. The minimum atomic E-state index is -0.409. The van der Waals surface area contributed by atoms with Crippen molar-refractivity contribution in [3.8, 4) is 5.75 Å². The summed E-state index contributed by atoms with van der Waals surface area (Å²) in [5, 5.41) is 14.5. The van der Waals surface area contributed by atoms with Gasteiger partial charge < -0.3 is 24.7 Å². The maximum absolute atomic E-state index is 12.5. The Morgan fingerprint density at radius 1 is 1.03 bits per heavy atom. The van der Waals surface area contributed by atoms with E-state index in [1.54, 1.807) is 74.2 Å². The van der Waals surface area contributed by atoms with Crippen LogP contribution in [0.3, 0.4) is 0 Å². The van der Waals surface area contributed by atoms with Gasteiger partial charge in [-0.15, -0.1) is 10.2 Å². The van der Waals surface area contributed by atoms with E-state index in [9.17, 15) is 14.4 Å². The lowest BCUT2D eigenvalue weighted by Crippen LogP contribution is -2.28. The molecule has 0 spiro atoms. The third kappa shape index (κ3) is 6.82. The van der Waals surface area contributed by atoms with E-state index in [0.717, 1.165) is 0 Å². The Morgan fingerprint density at radius 2 is 1.69 bits per heavy atom. The molecule has 0 unspecified atom stereocenters. The van der Waals surface area contributed by atoms with Gasteiger partial charge in [-0.25, -0.2) is 4.79 Å². The lowest BCUT2D eigenvalue weighted by atomic mass is 10.2. The predicted molar refractivity (Wildman–Crippen MR) is 132 cm³/mol. The molecule has 1 atom stereocenters. The molecule has 3 aromatic rings. The van der Waals surface area contributed by atoms with Crippen LogP contribution in [0.2, 0.25) is 0 Å². The monoisotopic (exact) mass is 497 g/mol. The summed E-state index contributed by atoms with van der Waals surface area (Å²) < 4.78 is 11.8. The number of ether oxygens (including phenoxy) is 2. The number of aromatic nitrogens is 3. The van der Waals surface area contributed by atoms with Crippen LogP contribution in [0.15, 0.2) is 53.7 Å². The average molecular weight is 498 g/mol. The van der Waals surface area contributed by atoms with Crippen LogP contribution in [0.25, 0.3) is 0 Å². The SMILES string of the molecule is CCOC(=O)c1ccc(NC(=O)CSc2nnc([C@@H](C)NC(=O)c3ccc(OC)cc3)n2C)cc1. The summed E-state index contributed by atoms with van der Waals surface area (Å²) in [5.74, 6) is 0.452. The van der Waals surface area contributed by atoms with Crippen molar-refractivity contribution in [1.29, 1.82) is 0 Å². The highest BCUT2D eigenvalue weighted by Gasteiger charge is 2.19. The minimum Gasteiger partial charge on any atom is -0.497 e. The fourth-order valence-electron chi connectivity index (χ4n) is 3.15. The van der Waals surface area contributed by atoms with Crippen LogP contribution in [0.5, 0.6) is 5.75 Å². The first-order valence-electron chi connectivity index (χ1n) is 10.9. The fraction of sp³-hybridized carbons (Fsp3) is 0.292. The molecular weight excluding hydrogens is 470 g/mol. The summed E-state index contributed by atoms with van der Waals surface area (Å²) in [5.41, 5.74) is 1.48. The van der Waals surface area contributed by atoms with Gasteiger partial charge >= 0.3 is 5.97 Å². The number of rotatable bonds is 10. The average Bonchev–Trinajstić information content (AvgIpc) is 3.23. The molecule has 0 saturated heterocycles. The van der Waals surface area contributed by atoms with Crippen molar-refractivity contribution in [3.05, 3.63) is 65.5 Å². The molecule has 2 aromatic carbocycles. The Hall–Kier alpha value is -3.86. The van der Waals surface area contributed by atoms with Gasteiger partial charge in [0.25, 0.3) is 5.91 Å². The zero-order chi connectivity index (χ0) is 25.4. The normalized spacial score (nSPS) is 11.4. The van der Waals surface area contributed by atoms with E-state index in [0.29, 0.717) is 40.2 Å². The van der Waals surface area contributed by atoms with Gasteiger partial charge in [0, 0.05) is 18.3 Å². The zero-order valence-corrected chi connectivity index (χ0v) is 20.7. The van der Waals surface area contributed by atoms with Crippen molar-refractivity contribution in [2.75, 3.05) is 24.8 Å². The van der Waals surface area contributed by atoms with Gasteiger partial charge in [-0.05, 0) is 62.4 Å². The van der Waals surface area contributed by atoms with Gasteiger partial charge in [-0.1, -0.05) is 11.8 Å². The third-order valence-electron chi connectivity index (χ3n) is 4.97. The molecule has 0 aliphatic carbocycles. The van der Waals surface area contributed by atoms with Gasteiger partial charge in [0.1, 0.15) is 5.75 Å². The fourth-order valence-corrected chi connectivity index (χ4v) is 3.87. The second kappa shape index (κ2) is 12.0. The van der Waals surface area contributed by atoms with E-state index in [2.05, 4.69) is 20.8 Å². The summed E-state index contributed by atoms with van der Waals surface area (Å²) >= 11 is 1.22. The van der Waals surface area contributed by atoms with Crippen LogP contribution in [-0.4, -0.2) is 52.0 Å². The molecular formula is C24H27N5O5S. The Morgan fingerprint density at radius 3 is 2.31 bits per heavy atom. The van der Waals surface area contributed by atoms with Crippen LogP contribution < -0.4 is 15.4 Å². The number of benzene rings is 2. The van der Waals surface area contributed by atoms with Crippen LogP contribution in [-0.2, 0) is 16.6 Å². The molecule has 2 amide bonds. The number of methoxy groups -OCH3 is 1. The number of nitrogens with one attached hydrogen (secondary N) is 2. The van der Waals surface area contributed by atoms with Crippen LogP contribution in [0.4, 0.5) is 5.69 Å². The molecule has 0 aliphatic rings. The maximum Gasteiger partial charge on any atom is 0.338 e. The number of esters is 1. The van der Waals surface area contributed by atoms with E-state index >= 15 is 0 Å². The lowest BCUT2D eigenvalue weighted by Gasteiger charge is -2.14.